The predicted molar refractivity (Wildman–Crippen MR) is 103 cm³/mol. The van der Waals surface area contributed by atoms with Gasteiger partial charge < -0.3 is 9.64 Å². The summed E-state index contributed by atoms with van der Waals surface area (Å²) in [4.78, 5) is 39.9. The second-order valence-electron chi connectivity index (χ2n) is 5.84. The first kappa shape index (κ1) is 18.6. The molecule has 1 amide bonds. The number of carbonyl (C=O) groups excluding carboxylic acids is 2. The van der Waals surface area contributed by atoms with Crippen LogP contribution in [0.15, 0.2) is 22.3 Å². The van der Waals surface area contributed by atoms with Crippen molar-refractivity contribution in [3.63, 3.8) is 0 Å². The van der Waals surface area contributed by atoms with Crippen molar-refractivity contribution >= 4 is 46.7 Å². The fourth-order valence-corrected chi connectivity index (χ4v) is 4.54. The van der Waals surface area contributed by atoms with Gasteiger partial charge >= 0.3 is 5.97 Å². The monoisotopic (exact) mass is 392 g/mol. The largest absolute Gasteiger partial charge is 0.463 e. The zero-order chi connectivity index (χ0) is 18.5. The van der Waals surface area contributed by atoms with Crippen LogP contribution in [0.25, 0.3) is 12.2 Å². The van der Waals surface area contributed by atoms with Crippen LogP contribution in [-0.4, -0.2) is 41.0 Å². The van der Waals surface area contributed by atoms with Gasteiger partial charge in [-0.3, -0.25) is 14.2 Å². The Bertz CT molecular complexity index is 950. The third-order valence-electron chi connectivity index (χ3n) is 4.03. The molecular weight excluding hydrogens is 372 g/mol. The average molecular weight is 393 g/mol. The minimum Gasteiger partial charge on any atom is -0.463 e. The number of aromatic nitrogens is 1. The summed E-state index contributed by atoms with van der Waals surface area (Å²) in [6, 6.07) is 3.82. The number of thiophene rings is 1. The zero-order valence-electron chi connectivity index (χ0n) is 14.5. The zero-order valence-corrected chi connectivity index (χ0v) is 16.1. The molecule has 0 spiro atoms. The molecule has 0 atom stereocenters. The van der Waals surface area contributed by atoms with Gasteiger partial charge in [0.05, 0.1) is 17.2 Å². The molecule has 0 radical (unpaired) electrons. The van der Waals surface area contributed by atoms with E-state index in [1.54, 1.807) is 17.9 Å². The molecule has 8 heteroatoms. The van der Waals surface area contributed by atoms with Gasteiger partial charge in [0, 0.05) is 18.0 Å². The number of hydrogen-bond donors (Lipinski definition) is 0. The Morgan fingerprint density at radius 1 is 1.31 bits per heavy atom. The Balaban J connectivity index is 2.02. The summed E-state index contributed by atoms with van der Waals surface area (Å²) in [6.45, 7) is 3.37. The van der Waals surface area contributed by atoms with Crippen molar-refractivity contribution in [2.24, 2.45) is 0 Å². The maximum absolute atomic E-state index is 12.8. The third-order valence-corrected chi connectivity index (χ3v) is 5.91. The van der Waals surface area contributed by atoms with Crippen molar-refractivity contribution < 1.29 is 14.3 Å². The summed E-state index contributed by atoms with van der Waals surface area (Å²) >= 11 is 2.72. The van der Waals surface area contributed by atoms with Crippen LogP contribution in [-0.2, 0) is 20.9 Å². The lowest BCUT2D eigenvalue weighted by Crippen LogP contribution is -2.39. The molecule has 1 saturated heterocycles. The molecule has 0 unspecified atom stereocenters. The maximum Gasteiger partial charge on any atom is 0.333 e. The quantitative estimate of drug-likeness (QED) is 0.705. The molecule has 1 aliphatic heterocycles. The molecule has 0 saturated carbocycles. The molecule has 0 N–H and O–H groups in total. The Labute approximate surface area is 158 Å². The van der Waals surface area contributed by atoms with Crippen molar-refractivity contribution in [1.29, 1.82) is 0 Å². The Morgan fingerprint density at radius 3 is 2.73 bits per heavy atom. The van der Waals surface area contributed by atoms with Gasteiger partial charge in [-0.15, -0.1) is 22.7 Å². The standard InChI is InChI=1S/C18H20N2O4S2/c1-2-24-17(22)11-16-20(12-15(21)19-7-3-4-8-19)18(23)14(26-16)10-13-6-5-9-25-13/h5-6,9-11H,2-4,7-8,12H2,1H3/b14-10-,16-11+. The first-order chi connectivity index (χ1) is 12.6. The molecule has 2 aromatic heterocycles. The van der Waals surface area contributed by atoms with Crippen LogP contribution >= 0.6 is 22.7 Å². The fourth-order valence-electron chi connectivity index (χ4n) is 2.78. The van der Waals surface area contributed by atoms with Gasteiger partial charge in [-0.25, -0.2) is 4.79 Å². The smallest absolute Gasteiger partial charge is 0.333 e. The van der Waals surface area contributed by atoms with E-state index in [0.29, 0.717) is 9.20 Å². The number of ether oxygens (including phenoxy) is 1. The molecular formula is C18H20N2O4S2. The Morgan fingerprint density at radius 2 is 2.08 bits per heavy atom. The first-order valence-electron chi connectivity index (χ1n) is 8.49. The number of amides is 1. The maximum atomic E-state index is 12.8. The summed E-state index contributed by atoms with van der Waals surface area (Å²) < 4.78 is 7.26. The minimum atomic E-state index is -0.515. The number of thiazole rings is 1. The number of likely N-dealkylation sites (tertiary alicyclic amines) is 1. The van der Waals surface area contributed by atoms with Gasteiger partial charge in [0.25, 0.3) is 5.56 Å². The third kappa shape index (κ3) is 4.31. The highest BCUT2D eigenvalue weighted by atomic mass is 32.1. The van der Waals surface area contributed by atoms with Crippen LogP contribution in [0.1, 0.15) is 24.6 Å². The summed E-state index contributed by atoms with van der Waals surface area (Å²) in [7, 11) is 0. The van der Waals surface area contributed by atoms with E-state index >= 15 is 0 Å². The Kier molecular flexibility index (Phi) is 6.05. The van der Waals surface area contributed by atoms with Crippen LogP contribution in [0.4, 0.5) is 0 Å². The second-order valence-corrected chi connectivity index (χ2v) is 7.88. The molecule has 3 rings (SSSR count). The van der Waals surface area contributed by atoms with Crippen molar-refractivity contribution in [2.75, 3.05) is 19.7 Å². The molecule has 1 fully saturated rings. The van der Waals surface area contributed by atoms with E-state index in [-0.39, 0.29) is 24.6 Å². The summed E-state index contributed by atoms with van der Waals surface area (Å²) in [5, 5.41) is 1.93. The molecule has 0 aliphatic carbocycles. The van der Waals surface area contributed by atoms with E-state index in [4.69, 9.17) is 4.74 Å². The van der Waals surface area contributed by atoms with E-state index in [9.17, 15) is 14.4 Å². The van der Waals surface area contributed by atoms with E-state index in [2.05, 4.69) is 0 Å². The average Bonchev–Trinajstić information content (AvgIpc) is 3.34. The van der Waals surface area contributed by atoms with E-state index in [1.807, 2.05) is 17.5 Å². The van der Waals surface area contributed by atoms with Gasteiger partial charge in [-0.1, -0.05) is 6.07 Å². The number of rotatable bonds is 5. The van der Waals surface area contributed by atoms with Gasteiger partial charge in [-0.05, 0) is 37.3 Å². The fraction of sp³-hybridized carbons (Fsp3) is 0.389. The van der Waals surface area contributed by atoms with E-state index in [0.717, 1.165) is 30.8 Å². The van der Waals surface area contributed by atoms with Crippen molar-refractivity contribution in [3.05, 3.63) is 41.9 Å². The lowest BCUT2D eigenvalue weighted by Gasteiger charge is -2.15. The number of carbonyl (C=O) groups is 2. The van der Waals surface area contributed by atoms with Gasteiger partial charge in [-0.2, -0.15) is 0 Å². The van der Waals surface area contributed by atoms with Gasteiger partial charge in [0.15, 0.2) is 0 Å². The molecule has 138 valence electrons. The molecule has 6 nitrogen and oxygen atoms in total. The first-order valence-corrected chi connectivity index (χ1v) is 10.2. The lowest BCUT2D eigenvalue weighted by molar-refractivity contribution is -0.135. The summed E-state index contributed by atoms with van der Waals surface area (Å²) in [5.74, 6) is -0.609. The number of esters is 1. The number of hydrogen-bond acceptors (Lipinski definition) is 6. The van der Waals surface area contributed by atoms with E-state index in [1.165, 1.54) is 33.3 Å². The van der Waals surface area contributed by atoms with Crippen molar-refractivity contribution in [3.8, 4) is 0 Å². The van der Waals surface area contributed by atoms with Crippen LogP contribution in [0.2, 0.25) is 0 Å². The number of nitrogens with zero attached hydrogens (tertiary/aromatic N) is 2. The Hall–Kier alpha value is -2.19. The SMILES string of the molecule is CCOC(=O)/C=c1/s/c(=C\c2cccs2)c(=O)n1CC(=O)N1CCCC1. The summed E-state index contributed by atoms with van der Waals surface area (Å²) in [6.07, 6.45) is 5.06. The lowest BCUT2D eigenvalue weighted by atomic mass is 10.4. The minimum absolute atomic E-state index is 0.0567. The molecule has 2 aromatic rings. The summed E-state index contributed by atoms with van der Waals surface area (Å²) in [5.41, 5.74) is -0.258. The van der Waals surface area contributed by atoms with Crippen LogP contribution in [0.3, 0.4) is 0 Å². The van der Waals surface area contributed by atoms with Crippen LogP contribution < -0.4 is 14.8 Å². The molecule has 1 aliphatic rings. The highest BCUT2D eigenvalue weighted by Gasteiger charge is 2.19. The highest BCUT2D eigenvalue weighted by Crippen LogP contribution is 2.09. The van der Waals surface area contributed by atoms with Crippen molar-refractivity contribution in [2.45, 2.75) is 26.3 Å². The van der Waals surface area contributed by atoms with Gasteiger partial charge in [0.2, 0.25) is 5.91 Å². The van der Waals surface area contributed by atoms with Crippen LogP contribution in [0.5, 0.6) is 0 Å². The van der Waals surface area contributed by atoms with Gasteiger partial charge in [0.1, 0.15) is 11.2 Å². The molecule has 3 heterocycles. The molecule has 0 aromatic carbocycles. The second kappa shape index (κ2) is 8.46. The van der Waals surface area contributed by atoms with Crippen LogP contribution in [0, 0.1) is 0 Å². The highest BCUT2D eigenvalue weighted by molar-refractivity contribution is 7.11. The predicted octanol–water partition coefficient (Wildman–Crippen LogP) is 0.766. The normalized spacial score (nSPS) is 15.7. The molecule has 0 bridgehead atoms. The van der Waals surface area contributed by atoms with E-state index < -0.39 is 5.97 Å². The molecule has 26 heavy (non-hydrogen) atoms. The van der Waals surface area contributed by atoms with Crippen molar-refractivity contribution in [1.82, 2.24) is 9.47 Å². The topological polar surface area (TPSA) is 68.6 Å².